The number of likely N-dealkylation sites (tertiary alicyclic amines) is 1. The van der Waals surface area contributed by atoms with Gasteiger partial charge in [0.25, 0.3) is 0 Å². The van der Waals surface area contributed by atoms with E-state index >= 15 is 0 Å². The monoisotopic (exact) mass is 376 g/mol. The Morgan fingerprint density at radius 1 is 1.38 bits per heavy atom. The van der Waals surface area contributed by atoms with Crippen LogP contribution in [0.3, 0.4) is 0 Å². The van der Waals surface area contributed by atoms with Gasteiger partial charge in [-0.05, 0) is 50.1 Å². The van der Waals surface area contributed by atoms with E-state index in [4.69, 9.17) is 20.8 Å². The van der Waals surface area contributed by atoms with Gasteiger partial charge >= 0.3 is 0 Å². The third-order valence-electron chi connectivity index (χ3n) is 4.65. The lowest BCUT2D eigenvalue weighted by Crippen LogP contribution is -2.43. The van der Waals surface area contributed by atoms with Crippen LogP contribution in [0, 0.1) is 12.8 Å². The van der Waals surface area contributed by atoms with Gasteiger partial charge in [-0.15, -0.1) is 0 Å². The molecular weight excluding hydrogens is 352 g/mol. The van der Waals surface area contributed by atoms with Crippen molar-refractivity contribution in [1.82, 2.24) is 10.2 Å². The predicted octanol–water partition coefficient (Wildman–Crippen LogP) is 3.65. The SMILES string of the molecule is Cc1cccc(Cl)c1OCCNC(=O)[C@@H]1CCCN(Cc2ccco2)C1. The van der Waals surface area contributed by atoms with Crippen LogP contribution in [0.25, 0.3) is 0 Å². The van der Waals surface area contributed by atoms with Gasteiger partial charge in [0, 0.05) is 6.54 Å². The van der Waals surface area contributed by atoms with E-state index in [0.717, 1.165) is 43.8 Å². The maximum absolute atomic E-state index is 12.4. The Morgan fingerprint density at radius 3 is 3.04 bits per heavy atom. The van der Waals surface area contributed by atoms with E-state index in [1.807, 2.05) is 31.2 Å². The van der Waals surface area contributed by atoms with E-state index in [0.29, 0.717) is 23.9 Å². The first-order chi connectivity index (χ1) is 12.6. The number of benzene rings is 1. The van der Waals surface area contributed by atoms with E-state index in [2.05, 4.69) is 10.2 Å². The van der Waals surface area contributed by atoms with E-state index in [-0.39, 0.29) is 11.8 Å². The summed E-state index contributed by atoms with van der Waals surface area (Å²) in [4.78, 5) is 14.7. The maximum atomic E-state index is 12.4. The Morgan fingerprint density at radius 2 is 2.27 bits per heavy atom. The minimum atomic E-state index is 0.0146. The van der Waals surface area contributed by atoms with Gasteiger partial charge in [0.05, 0.1) is 30.3 Å². The highest BCUT2D eigenvalue weighted by Gasteiger charge is 2.25. The van der Waals surface area contributed by atoms with Crippen LogP contribution >= 0.6 is 11.6 Å². The smallest absolute Gasteiger partial charge is 0.224 e. The summed E-state index contributed by atoms with van der Waals surface area (Å²) in [7, 11) is 0. The van der Waals surface area contributed by atoms with Gasteiger partial charge in [0.2, 0.25) is 5.91 Å². The highest BCUT2D eigenvalue weighted by molar-refractivity contribution is 6.32. The predicted molar refractivity (Wildman–Crippen MR) is 101 cm³/mol. The summed E-state index contributed by atoms with van der Waals surface area (Å²) < 4.78 is 11.1. The molecule has 1 aliphatic heterocycles. The quantitative estimate of drug-likeness (QED) is 0.749. The largest absolute Gasteiger partial charge is 0.490 e. The maximum Gasteiger partial charge on any atom is 0.224 e. The molecule has 140 valence electrons. The van der Waals surface area contributed by atoms with Gasteiger partial charge in [0.1, 0.15) is 18.1 Å². The second-order valence-electron chi connectivity index (χ2n) is 6.68. The van der Waals surface area contributed by atoms with Crippen LogP contribution in [0.2, 0.25) is 5.02 Å². The number of piperidine rings is 1. The van der Waals surface area contributed by atoms with Gasteiger partial charge in [-0.2, -0.15) is 0 Å². The lowest BCUT2D eigenvalue weighted by molar-refractivity contribution is -0.126. The van der Waals surface area contributed by atoms with Crippen molar-refractivity contribution in [2.24, 2.45) is 5.92 Å². The summed E-state index contributed by atoms with van der Waals surface area (Å²) in [5.41, 5.74) is 0.990. The molecule has 0 aliphatic carbocycles. The molecule has 2 aromatic rings. The zero-order valence-electron chi connectivity index (χ0n) is 15.0. The minimum absolute atomic E-state index is 0.0146. The lowest BCUT2D eigenvalue weighted by Gasteiger charge is -2.31. The zero-order valence-corrected chi connectivity index (χ0v) is 15.8. The second-order valence-corrected chi connectivity index (χ2v) is 7.09. The Kier molecular flexibility index (Phi) is 6.58. The van der Waals surface area contributed by atoms with Crippen molar-refractivity contribution in [3.63, 3.8) is 0 Å². The molecule has 0 radical (unpaired) electrons. The highest BCUT2D eigenvalue weighted by atomic mass is 35.5. The number of amides is 1. The third kappa shape index (κ3) is 5.02. The van der Waals surface area contributed by atoms with Gasteiger partial charge < -0.3 is 14.5 Å². The average Bonchev–Trinajstić information content (AvgIpc) is 3.13. The van der Waals surface area contributed by atoms with Crippen molar-refractivity contribution in [3.8, 4) is 5.75 Å². The molecule has 26 heavy (non-hydrogen) atoms. The molecule has 0 spiro atoms. The first kappa shape index (κ1) is 18.8. The Balaban J connectivity index is 1.41. The highest BCUT2D eigenvalue weighted by Crippen LogP contribution is 2.27. The summed E-state index contributed by atoms with van der Waals surface area (Å²) in [6.45, 7) is 5.34. The number of para-hydroxylation sites is 1. The van der Waals surface area contributed by atoms with Crippen molar-refractivity contribution in [3.05, 3.63) is 52.9 Å². The Hall–Kier alpha value is -1.98. The first-order valence-corrected chi connectivity index (χ1v) is 9.41. The number of ether oxygens (including phenoxy) is 1. The van der Waals surface area contributed by atoms with Gasteiger partial charge in [0.15, 0.2) is 0 Å². The van der Waals surface area contributed by atoms with E-state index in [1.165, 1.54) is 0 Å². The zero-order chi connectivity index (χ0) is 18.4. The number of carbonyl (C=O) groups is 1. The fourth-order valence-corrected chi connectivity index (χ4v) is 3.58. The normalized spacial score (nSPS) is 17.8. The van der Waals surface area contributed by atoms with Gasteiger partial charge in [-0.25, -0.2) is 0 Å². The van der Waals surface area contributed by atoms with Crippen LogP contribution in [0.4, 0.5) is 0 Å². The molecule has 1 atom stereocenters. The lowest BCUT2D eigenvalue weighted by atomic mass is 9.97. The number of furan rings is 1. The molecule has 6 heteroatoms. The van der Waals surface area contributed by atoms with Crippen molar-refractivity contribution in [1.29, 1.82) is 0 Å². The van der Waals surface area contributed by atoms with Crippen LogP contribution < -0.4 is 10.1 Å². The number of carbonyl (C=O) groups excluding carboxylic acids is 1. The molecule has 1 fully saturated rings. The molecule has 0 bridgehead atoms. The molecule has 0 saturated carbocycles. The van der Waals surface area contributed by atoms with E-state index in [1.54, 1.807) is 12.3 Å². The molecule has 3 rings (SSSR count). The van der Waals surface area contributed by atoms with Crippen LogP contribution in [0.1, 0.15) is 24.2 Å². The van der Waals surface area contributed by atoms with Crippen LogP contribution in [-0.2, 0) is 11.3 Å². The molecule has 0 unspecified atom stereocenters. The second kappa shape index (κ2) is 9.10. The number of nitrogens with one attached hydrogen (secondary N) is 1. The number of halogens is 1. The first-order valence-electron chi connectivity index (χ1n) is 9.04. The molecule has 1 amide bonds. The van der Waals surface area contributed by atoms with E-state index in [9.17, 15) is 4.79 Å². The summed E-state index contributed by atoms with van der Waals surface area (Å²) in [5.74, 6) is 1.73. The Bertz CT molecular complexity index is 698. The Labute approximate surface area is 159 Å². The molecule has 1 aromatic heterocycles. The number of nitrogens with zero attached hydrogens (tertiary/aromatic N) is 1. The van der Waals surface area contributed by atoms with Crippen molar-refractivity contribution >= 4 is 17.5 Å². The number of hydrogen-bond donors (Lipinski definition) is 1. The average molecular weight is 377 g/mol. The van der Waals surface area contributed by atoms with Crippen molar-refractivity contribution in [2.75, 3.05) is 26.2 Å². The number of hydrogen-bond acceptors (Lipinski definition) is 4. The van der Waals surface area contributed by atoms with Crippen LogP contribution in [0.15, 0.2) is 41.0 Å². The molecule has 5 nitrogen and oxygen atoms in total. The fourth-order valence-electron chi connectivity index (χ4n) is 3.31. The number of aryl methyl sites for hydroxylation is 1. The summed E-state index contributed by atoms with van der Waals surface area (Å²) in [6, 6.07) is 9.51. The van der Waals surface area contributed by atoms with Crippen LogP contribution in [-0.4, -0.2) is 37.0 Å². The molecule has 1 aromatic carbocycles. The van der Waals surface area contributed by atoms with E-state index < -0.39 is 0 Å². The summed E-state index contributed by atoms with van der Waals surface area (Å²) >= 11 is 6.14. The summed E-state index contributed by atoms with van der Waals surface area (Å²) in [6.07, 6.45) is 3.63. The molecular formula is C20H25ClN2O3. The molecule has 1 N–H and O–H groups in total. The minimum Gasteiger partial charge on any atom is -0.490 e. The molecule has 1 aliphatic rings. The van der Waals surface area contributed by atoms with Gasteiger partial charge in [-0.3, -0.25) is 9.69 Å². The van der Waals surface area contributed by atoms with Crippen molar-refractivity contribution in [2.45, 2.75) is 26.3 Å². The fraction of sp³-hybridized carbons (Fsp3) is 0.450. The van der Waals surface area contributed by atoms with Crippen LogP contribution in [0.5, 0.6) is 5.75 Å². The van der Waals surface area contributed by atoms with Crippen molar-refractivity contribution < 1.29 is 13.9 Å². The standard InChI is InChI=1S/C20H25ClN2O3/c1-15-5-2-8-18(21)19(15)26-12-9-22-20(24)16-6-3-10-23(13-16)14-17-7-4-11-25-17/h2,4-5,7-8,11,16H,3,6,9-10,12-14H2,1H3,(H,22,24)/t16-/m1/s1. The topological polar surface area (TPSA) is 54.7 Å². The van der Waals surface area contributed by atoms with Gasteiger partial charge in [-0.1, -0.05) is 23.7 Å². The molecule has 2 heterocycles. The molecule has 1 saturated heterocycles. The number of rotatable bonds is 7. The summed E-state index contributed by atoms with van der Waals surface area (Å²) in [5, 5.41) is 3.58. The third-order valence-corrected chi connectivity index (χ3v) is 4.95.